The lowest BCUT2D eigenvalue weighted by molar-refractivity contribution is 1.78. The van der Waals surface area contributed by atoms with Gasteiger partial charge < -0.3 is 0 Å². The minimum absolute atomic E-state index is 0.799. The zero-order valence-corrected chi connectivity index (χ0v) is 8.10. The first-order chi connectivity index (χ1) is 5.79. The molecule has 12 heavy (non-hydrogen) atoms. The lowest BCUT2D eigenvalue weighted by Crippen LogP contribution is -2.02. The van der Waals surface area contributed by atoms with Crippen LogP contribution in [0.25, 0.3) is 10.8 Å². The van der Waals surface area contributed by atoms with Gasteiger partial charge in [-0.1, -0.05) is 47.1 Å². The number of hydrogen-bond donors (Lipinski definition) is 0. The smallest absolute Gasteiger partial charge is 0.0720 e. The summed E-state index contributed by atoms with van der Waals surface area (Å²) < 4.78 is 0. The number of halogens is 1. The van der Waals surface area contributed by atoms with Crippen molar-refractivity contribution < 1.29 is 0 Å². The monoisotopic (exact) mass is 189 g/mol. The molecule has 0 N–H and O–H groups in total. The third kappa shape index (κ3) is 1.15. The van der Waals surface area contributed by atoms with Gasteiger partial charge in [0.05, 0.1) is 10.2 Å². The standard InChI is InChI=1S/C10H6ClSi/c11-9-5-6-10(12)8-4-2-1-3-7(8)9/h1-6H. The normalized spacial score (nSPS) is 10.5. The fourth-order valence-corrected chi connectivity index (χ4v) is 1.79. The van der Waals surface area contributed by atoms with Crippen LogP contribution >= 0.6 is 11.6 Å². The molecule has 0 fully saturated rings. The molecule has 2 heteroatoms. The molecule has 0 nitrogen and oxygen atoms in total. The van der Waals surface area contributed by atoms with E-state index < -0.39 is 0 Å². The van der Waals surface area contributed by atoms with E-state index in [-0.39, 0.29) is 0 Å². The summed E-state index contributed by atoms with van der Waals surface area (Å²) in [5.74, 6) is 0. The highest BCUT2D eigenvalue weighted by atomic mass is 35.5. The van der Waals surface area contributed by atoms with E-state index >= 15 is 0 Å². The Hall–Kier alpha value is -0.793. The van der Waals surface area contributed by atoms with Crippen molar-refractivity contribution in [3.05, 3.63) is 41.4 Å². The molecule has 0 saturated carbocycles. The van der Waals surface area contributed by atoms with E-state index in [0.717, 1.165) is 21.0 Å². The largest absolute Gasteiger partial charge is 0.0837 e. The maximum atomic E-state index is 6.01. The van der Waals surface area contributed by atoms with Gasteiger partial charge in [0.25, 0.3) is 0 Å². The van der Waals surface area contributed by atoms with Crippen molar-refractivity contribution in [2.75, 3.05) is 0 Å². The first-order valence-electron chi connectivity index (χ1n) is 3.68. The molecule has 3 radical (unpaired) electrons. The Morgan fingerprint density at radius 3 is 2.25 bits per heavy atom. The van der Waals surface area contributed by atoms with Crippen LogP contribution in [0.1, 0.15) is 0 Å². The van der Waals surface area contributed by atoms with Crippen LogP contribution in [0.2, 0.25) is 5.02 Å². The summed E-state index contributed by atoms with van der Waals surface area (Å²) >= 11 is 6.01. The van der Waals surface area contributed by atoms with Gasteiger partial charge in [0.2, 0.25) is 0 Å². The van der Waals surface area contributed by atoms with Crippen molar-refractivity contribution in [1.29, 1.82) is 0 Å². The number of hydrogen-bond acceptors (Lipinski definition) is 0. The zero-order valence-electron chi connectivity index (χ0n) is 6.34. The van der Waals surface area contributed by atoms with E-state index in [9.17, 15) is 0 Å². The van der Waals surface area contributed by atoms with Crippen molar-refractivity contribution in [1.82, 2.24) is 0 Å². The second-order valence-corrected chi connectivity index (χ2v) is 3.59. The molecule has 0 heterocycles. The third-order valence-electron chi connectivity index (χ3n) is 1.87. The van der Waals surface area contributed by atoms with Gasteiger partial charge in [0, 0.05) is 10.4 Å². The summed E-state index contributed by atoms with van der Waals surface area (Å²) in [6.07, 6.45) is 0. The van der Waals surface area contributed by atoms with Crippen LogP contribution in [-0.4, -0.2) is 10.2 Å². The average Bonchev–Trinajstić information content (AvgIpc) is 2.12. The Labute approximate surface area is 79.6 Å². The van der Waals surface area contributed by atoms with E-state index in [2.05, 4.69) is 10.2 Å². The lowest BCUT2D eigenvalue weighted by Gasteiger charge is -2.02. The summed E-state index contributed by atoms with van der Waals surface area (Å²) in [4.78, 5) is 0. The maximum Gasteiger partial charge on any atom is 0.0720 e. The fraction of sp³-hybridized carbons (Fsp3) is 0. The molecule has 2 rings (SSSR count). The second kappa shape index (κ2) is 2.92. The molecule has 0 aliphatic rings. The van der Waals surface area contributed by atoms with Crippen LogP contribution in [-0.2, 0) is 0 Å². The molecule has 0 atom stereocenters. The number of fused-ring (bicyclic) bond motifs is 1. The van der Waals surface area contributed by atoms with Gasteiger partial charge in [-0.15, -0.1) is 0 Å². The predicted molar refractivity (Wildman–Crippen MR) is 54.3 cm³/mol. The minimum atomic E-state index is 0.799. The molecule has 0 bridgehead atoms. The van der Waals surface area contributed by atoms with Crippen molar-refractivity contribution >= 4 is 37.8 Å². The highest BCUT2D eigenvalue weighted by Crippen LogP contribution is 2.20. The predicted octanol–water partition coefficient (Wildman–Crippen LogP) is 2.29. The molecule has 0 unspecified atom stereocenters. The van der Waals surface area contributed by atoms with Gasteiger partial charge in [-0.2, -0.15) is 0 Å². The summed E-state index contributed by atoms with van der Waals surface area (Å²) in [6.45, 7) is 0. The van der Waals surface area contributed by atoms with E-state index in [0.29, 0.717) is 0 Å². The Morgan fingerprint density at radius 1 is 0.917 bits per heavy atom. The summed E-state index contributed by atoms with van der Waals surface area (Å²) in [5, 5.41) is 4.12. The lowest BCUT2D eigenvalue weighted by atomic mass is 10.1. The van der Waals surface area contributed by atoms with Gasteiger partial charge >= 0.3 is 0 Å². The summed E-state index contributed by atoms with van der Waals surface area (Å²) in [6, 6.07) is 11.9. The van der Waals surface area contributed by atoms with Gasteiger partial charge in [-0.25, -0.2) is 0 Å². The molecule has 0 aliphatic heterocycles. The highest BCUT2D eigenvalue weighted by molar-refractivity contribution is 6.42. The van der Waals surface area contributed by atoms with Crippen LogP contribution in [0.15, 0.2) is 36.4 Å². The van der Waals surface area contributed by atoms with Crippen LogP contribution in [0, 0.1) is 0 Å². The molecule has 0 aromatic heterocycles. The summed E-state index contributed by atoms with van der Waals surface area (Å²) in [5.41, 5.74) is 0. The Bertz CT molecular complexity index is 383. The summed E-state index contributed by atoms with van der Waals surface area (Å²) in [7, 11) is 3.52. The average molecular weight is 190 g/mol. The first-order valence-corrected chi connectivity index (χ1v) is 4.55. The van der Waals surface area contributed by atoms with Crippen molar-refractivity contribution in [3.63, 3.8) is 0 Å². The maximum absolute atomic E-state index is 6.01. The molecule has 0 aliphatic carbocycles. The highest BCUT2D eigenvalue weighted by Gasteiger charge is 1.98. The van der Waals surface area contributed by atoms with Gasteiger partial charge in [0.1, 0.15) is 0 Å². The van der Waals surface area contributed by atoms with Crippen LogP contribution < -0.4 is 5.19 Å². The molecule has 0 spiro atoms. The topological polar surface area (TPSA) is 0 Å². The van der Waals surface area contributed by atoms with E-state index in [1.54, 1.807) is 0 Å². The Morgan fingerprint density at radius 2 is 1.58 bits per heavy atom. The minimum Gasteiger partial charge on any atom is -0.0837 e. The van der Waals surface area contributed by atoms with E-state index in [1.807, 2.05) is 36.4 Å². The van der Waals surface area contributed by atoms with Gasteiger partial charge in [-0.05, 0) is 11.5 Å². The fourth-order valence-electron chi connectivity index (χ4n) is 1.26. The van der Waals surface area contributed by atoms with Crippen LogP contribution in [0.4, 0.5) is 0 Å². The number of rotatable bonds is 0. The molecular formula is C10H6ClSi. The van der Waals surface area contributed by atoms with E-state index in [4.69, 9.17) is 11.6 Å². The molecule has 57 valence electrons. The van der Waals surface area contributed by atoms with Gasteiger partial charge in [0.15, 0.2) is 0 Å². The molecule has 2 aromatic rings. The van der Waals surface area contributed by atoms with Crippen molar-refractivity contribution in [2.45, 2.75) is 0 Å². The van der Waals surface area contributed by atoms with E-state index in [1.165, 1.54) is 0 Å². The second-order valence-electron chi connectivity index (χ2n) is 2.64. The Kier molecular flexibility index (Phi) is 1.91. The molecular weight excluding hydrogens is 184 g/mol. The quantitative estimate of drug-likeness (QED) is 0.558. The molecule has 2 aromatic carbocycles. The Balaban J connectivity index is 2.95. The molecule has 0 saturated heterocycles. The molecule has 0 amide bonds. The third-order valence-corrected chi connectivity index (χ3v) is 2.64. The first kappa shape index (κ1) is 7.84. The number of benzene rings is 2. The van der Waals surface area contributed by atoms with Crippen LogP contribution in [0.5, 0.6) is 0 Å². The van der Waals surface area contributed by atoms with Crippen molar-refractivity contribution in [2.24, 2.45) is 0 Å². The zero-order chi connectivity index (χ0) is 8.55. The van der Waals surface area contributed by atoms with Crippen LogP contribution in [0.3, 0.4) is 0 Å². The SMILES string of the molecule is [Si]c1ccc(Cl)c2ccccc12. The van der Waals surface area contributed by atoms with Gasteiger partial charge in [-0.3, -0.25) is 0 Å². The van der Waals surface area contributed by atoms with Crippen molar-refractivity contribution in [3.8, 4) is 0 Å².